The molecule has 2 aliphatic rings. The molecule has 1 aliphatic carbocycles. The normalized spacial score (nSPS) is 19.5. The van der Waals surface area contributed by atoms with Gasteiger partial charge in [0.05, 0.1) is 42.8 Å². The molecule has 6 rings (SSSR count). The van der Waals surface area contributed by atoms with Crippen LogP contribution in [0.5, 0.6) is 0 Å². The highest BCUT2D eigenvalue weighted by atomic mass is 19.3. The van der Waals surface area contributed by atoms with Crippen LogP contribution in [0.1, 0.15) is 26.3 Å². The fraction of sp³-hybridized carbons (Fsp3) is 0.423. The molecule has 0 radical (unpaired) electrons. The van der Waals surface area contributed by atoms with Crippen molar-refractivity contribution in [2.24, 2.45) is 18.9 Å². The van der Waals surface area contributed by atoms with E-state index in [1.807, 2.05) is 0 Å². The Bertz CT molecular complexity index is 1830. The maximum absolute atomic E-state index is 13.5. The number of carbonyl (C=O) groups is 2. The number of nitrogens with one attached hydrogen (secondary N) is 1. The predicted octanol–water partition coefficient (Wildman–Crippen LogP) is 1.02. The van der Waals surface area contributed by atoms with Crippen molar-refractivity contribution in [1.82, 2.24) is 38.6 Å². The highest BCUT2D eigenvalue weighted by Gasteiger charge is 2.72. The summed E-state index contributed by atoms with van der Waals surface area (Å²) in [5, 5.41) is 2.67. The molecule has 2 fully saturated rings. The average molecular weight is 581 g/mol. The van der Waals surface area contributed by atoms with Gasteiger partial charge in [-0.1, -0.05) is 6.92 Å². The van der Waals surface area contributed by atoms with Crippen LogP contribution in [0.4, 0.5) is 20.5 Å². The quantitative estimate of drug-likeness (QED) is 0.318. The Morgan fingerprint density at radius 3 is 2.45 bits per heavy atom. The van der Waals surface area contributed by atoms with Gasteiger partial charge in [-0.3, -0.25) is 28.5 Å². The minimum absolute atomic E-state index is 0.000231. The number of amides is 1. The van der Waals surface area contributed by atoms with Gasteiger partial charge in [0.25, 0.3) is 11.5 Å². The van der Waals surface area contributed by atoms with E-state index in [-0.39, 0.29) is 48.8 Å². The second-order valence-corrected chi connectivity index (χ2v) is 10.5. The standard InChI is InChI=1S/C26H26F2N10O4/c1-4-15(39)9-37-23(41)20-21(35(3)25(37)42)32-12-38(20)13(2)22(40)34-19-8-29-7-18(33-19)14-5-30-24(31-6-14)36-10-16-17(11-36)26(16,27)28/h5-8,12-13,16-17H,4,9-11H2,1-3H3,(H,33,34,40)/t13-,16?,17?/m0/s1. The van der Waals surface area contributed by atoms with Crippen LogP contribution in [0.25, 0.3) is 22.4 Å². The van der Waals surface area contributed by atoms with Crippen LogP contribution in [0.2, 0.25) is 0 Å². The zero-order valence-corrected chi connectivity index (χ0v) is 22.9. The zero-order chi connectivity index (χ0) is 29.9. The summed E-state index contributed by atoms with van der Waals surface area (Å²) in [5.74, 6) is -4.23. The summed E-state index contributed by atoms with van der Waals surface area (Å²) in [6.07, 6.45) is 7.28. The Morgan fingerprint density at radius 2 is 1.79 bits per heavy atom. The van der Waals surface area contributed by atoms with Gasteiger partial charge < -0.3 is 14.8 Å². The molecule has 42 heavy (non-hydrogen) atoms. The number of piperidine rings is 1. The van der Waals surface area contributed by atoms with Gasteiger partial charge in [-0.05, 0) is 6.92 Å². The molecule has 5 heterocycles. The van der Waals surface area contributed by atoms with Gasteiger partial charge in [-0.15, -0.1) is 0 Å². The SMILES string of the molecule is CCC(=O)Cn1c(=O)c2c(ncn2[C@@H](C)C(=O)Nc2cncc(-c3cnc(N4CC5C(C4)C5(F)F)nc3)n2)n(C)c1=O. The molecule has 0 aromatic carbocycles. The van der Waals surface area contributed by atoms with E-state index in [1.54, 1.807) is 18.7 Å². The van der Waals surface area contributed by atoms with Crippen LogP contribution in [0, 0.1) is 11.8 Å². The number of aryl methyl sites for hydroxylation is 1. The van der Waals surface area contributed by atoms with E-state index in [2.05, 4.69) is 30.2 Å². The minimum Gasteiger partial charge on any atom is -0.340 e. The first kappa shape index (κ1) is 27.3. The maximum atomic E-state index is 13.5. The Balaban J connectivity index is 1.20. The molecular formula is C26H26F2N10O4. The van der Waals surface area contributed by atoms with Crippen LogP contribution in [-0.2, 0) is 23.2 Å². The average Bonchev–Trinajstić information content (AvgIpc) is 3.41. The van der Waals surface area contributed by atoms with E-state index in [9.17, 15) is 28.0 Å². The predicted molar refractivity (Wildman–Crippen MR) is 145 cm³/mol. The number of carbonyl (C=O) groups excluding carboxylic acids is 2. The van der Waals surface area contributed by atoms with Crippen LogP contribution in [0.3, 0.4) is 0 Å². The number of nitrogens with zero attached hydrogens (tertiary/aromatic N) is 9. The zero-order valence-electron chi connectivity index (χ0n) is 22.9. The topological polar surface area (TPSA) is 163 Å². The molecule has 16 heteroatoms. The van der Waals surface area contributed by atoms with Crippen molar-refractivity contribution in [3.8, 4) is 11.3 Å². The van der Waals surface area contributed by atoms with Crippen LogP contribution in [-0.4, -0.2) is 69.3 Å². The van der Waals surface area contributed by atoms with Crippen LogP contribution >= 0.6 is 0 Å². The third kappa shape index (κ3) is 4.42. The van der Waals surface area contributed by atoms with E-state index < -0.39 is 41.0 Å². The van der Waals surface area contributed by atoms with Gasteiger partial charge in [0.1, 0.15) is 6.04 Å². The fourth-order valence-corrected chi connectivity index (χ4v) is 5.22. The lowest BCUT2D eigenvalue weighted by atomic mass is 10.2. The third-order valence-corrected chi connectivity index (χ3v) is 7.89. The summed E-state index contributed by atoms with van der Waals surface area (Å²) in [7, 11) is 1.43. The van der Waals surface area contributed by atoms with Crippen LogP contribution in [0.15, 0.2) is 40.7 Å². The van der Waals surface area contributed by atoms with Crippen molar-refractivity contribution < 1.29 is 18.4 Å². The summed E-state index contributed by atoms with van der Waals surface area (Å²) in [4.78, 5) is 74.1. The van der Waals surface area contributed by atoms with Gasteiger partial charge in [0.15, 0.2) is 22.8 Å². The number of Topliss-reactive ketones (excluding diaryl/α,β-unsaturated/α-hetero) is 1. The van der Waals surface area contributed by atoms with E-state index in [1.165, 1.54) is 42.7 Å². The van der Waals surface area contributed by atoms with Crippen molar-refractivity contribution in [1.29, 1.82) is 0 Å². The molecule has 3 atom stereocenters. The van der Waals surface area contributed by atoms with Gasteiger partial charge in [0.2, 0.25) is 11.9 Å². The molecule has 4 aromatic rings. The van der Waals surface area contributed by atoms with Crippen molar-refractivity contribution in [3.63, 3.8) is 0 Å². The first-order valence-electron chi connectivity index (χ1n) is 13.3. The molecule has 4 aromatic heterocycles. The summed E-state index contributed by atoms with van der Waals surface area (Å²) in [6, 6.07) is -0.956. The lowest BCUT2D eigenvalue weighted by Crippen LogP contribution is -2.41. The number of aromatic nitrogens is 8. The summed E-state index contributed by atoms with van der Waals surface area (Å²) in [6.45, 7) is 3.22. The largest absolute Gasteiger partial charge is 0.340 e. The van der Waals surface area contributed by atoms with Gasteiger partial charge in [-0.25, -0.2) is 33.5 Å². The number of alkyl halides is 2. The maximum Gasteiger partial charge on any atom is 0.332 e. The van der Waals surface area contributed by atoms with E-state index in [0.717, 1.165) is 9.13 Å². The van der Waals surface area contributed by atoms with E-state index in [4.69, 9.17) is 0 Å². The molecule has 0 spiro atoms. The Kier molecular flexibility index (Phi) is 6.42. The van der Waals surface area contributed by atoms with Gasteiger partial charge in [0, 0.05) is 44.5 Å². The lowest BCUT2D eigenvalue weighted by molar-refractivity contribution is -0.120. The Morgan fingerprint density at radius 1 is 1.10 bits per heavy atom. The molecule has 1 amide bonds. The first-order valence-corrected chi connectivity index (χ1v) is 13.3. The molecular weight excluding hydrogens is 554 g/mol. The highest BCUT2D eigenvalue weighted by Crippen LogP contribution is 2.59. The second-order valence-electron chi connectivity index (χ2n) is 10.5. The molecule has 1 saturated carbocycles. The highest BCUT2D eigenvalue weighted by molar-refractivity contribution is 5.93. The fourth-order valence-electron chi connectivity index (χ4n) is 5.22. The molecule has 14 nitrogen and oxygen atoms in total. The summed E-state index contributed by atoms with van der Waals surface area (Å²) >= 11 is 0. The molecule has 1 N–H and O–H groups in total. The summed E-state index contributed by atoms with van der Waals surface area (Å²) < 4.78 is 30.3. The van der Waals surface area contributed by atoms with Crippen LogP contribution < -0.4 is 21.5 Å². The van der Waals surface area contributed by atoms with Crippen molar-refractivity contribution in [2.45, 2.75) is 38.8 Å². The number of anilines is 2. The van der Waals surface area contributed by atoms with E-state index in [0.29, 0.717) is 17.2 Å². The number of halogens is 2. The van der Waals surface area contributed by atoms with Gasteiger partial charge in [-0.2, -0.15) is 0 Å². The lowest BCUT2D eigenvalue weighted by Gasteiger charge is -2.19. The number of hydrogen-bond acceptors (Lipinski definition) is 10. The number of fused-ring (bicyclic) bond motifs is 2. The third-order valence-electron chi connectivity index (χ3n) is 7.89. The molecule has 1 saturated heterocycles. The second kappa shape index (κ2) is 9.88. The van der Waals surface area contributed by atoms with Gasteiger partial charge >= 0.3 is 5.69 Å². The van der Waals surface area contributed by atoms with Crippen molar-refractivity contribution >= 4 is 34.6 Å². The first-order chi connectivity index (χ1) is 20.0. The molecule has 2 unspecified atom stereocenters. The number of rotatable bonds is 8. The monoisotopic (exact) mass is 580 g/mol. The summed E-state index contributed by atoms with van der Waals surface area (Å²) in [5.41, 5.74) is -0.450. The number of imidazole rings is 1. The Labute approximate surface area is 236 Å². The van der Waals surface area contributed by atoms with E-state index >= 15 is 0 Å². The molecule has 1 aliphatic heterocycles. The number of hydrogen-bond donors (Lipinski definition) is 1. The number of ketones is 1. The minimum atomic E-state index is -2.59. The van der Waals surface area contributed by atoms with Crippen molar-refractivity contribution in [2.75, 3.05) is 23.3 Å². The molecule has 0 bridgehead atoms. The van der Waals surface area contributed by atoms with Crippen molar-refractivity contribution in [3.05, 3.63) is 52.0 Å². The smallest absolute Gasteiger partial charge is 0.332 e. The molecule has 218 valence electrons. The Hall–Kier alpha value is -4.89.